The first-order valence-electron chi connectivity index (χ1n) is 4.76. The van der Waals surface area contributed by atoms with Crippen molar-refractivity contribution in [1.82, 2.24) is 0 Å². The molecule has 0 aliphatic heterocycles. The zero-order valence-corrected chi connectivity index (χ0v) is 9.43. The molecule has 78 valence electrons. The third kappa shape index (κ3) is 2.38. The number of carboxylic acids is 1. The Balaban J connectivity index is 3.35. The van der Waals surface area contributed by atoms with Crippen LogP contribution < -0.4 is 0 Å². The molecule has 2 heteroatoms. The van der Waals surface area contributed by atoms with Crippen LogP contribution in [-0.4, -0.2) is 11.1 Å². The molecule has 0 bridgehead atoms. The molecular weight excluding hydrogens is 188 g/mol. The maximum atomic E-state index is 10.3. The van der Waals surface area contributed by atoms with E-state index in [9.17, 15) is 4.79 Å². The van der Waals surface area contributed by atoms with E-state index < -0.39 is 5.97 Å². The average molecular weight is 202 g/mol. The van der Waals surface area contributed by atoms with E-state index in [1.807, 2.05) is 26.8 Å². The number of carbonyl (C=O) groups is 1. The number of aryl methyl sites for hydroxylation is 1. The van der Waals surface area contributed by atoms with Gasteiger partial charge in [0.25, 0.3) is 0 Å². The van der Waals surface area contributed by atoms with E-state index >= 15 is 0 Å². The molecule has 0 atom stereocenters. The molecule has 0 radical (unpaired) electrons. The lowest BCUT2D eigenvalue weighted by Gasteiger charge is -2.10. The van der Waals surface area contributed by atoms with E-state index in [4.69, 9.17) is 5.11 Å². The van der Waals surface area contributed by atoms with Crippen LogP contribution in [0.5, 0.6) is 0 Å². The summed E-state index contributed by atoms with van der Waals surface area (Å²) in [6, 6.07) is 1.94. The fraction of sp³-hybridized carbons (Fsp3) is 0.308. The third-order valence-corrected chi connectivity index (χ3v) is 2.79. The lowest BCUT2D eigenvalue weighted by Crippen LogP contribution is -1.95. The Morgan fingerprint density at radius 2 is 1.73 bits per heavy atom. The quantitative estimate of drug-likeness (QED) is 0.656. The third-order valence-electron chi connectivity index (χ3n) is 2.79. The molecule has 1 N–H and O–H groups in total. The van der Waals surface area contributed by atoms with E-state index in [1.165, 1.54) is 11.1 Å². The van der Waals surface area contributed by atoms with Crippen LogP contribution in [0, 0.1) is 39.5 Å². The molecule has 0 saturated carbocycles. The molecule has 0 spiro atoms. The highest BCUT2D eigenvalue weighted by atomic mass is 16.4. The summed E-state index contributed by atoms with van der Waals surface area (Å²) >= 11 is 0. The maximum absolute atomic E-state index is 10.3. The highest BCUT2D eigenvalue weighted by molar-refractivity contribution is 5.87. The van der Waals surface area contributed by atoms with E-state index in [2.05, 4.69) is 18.8 Å². The average Bonchev–Trinajstić information content (AvgIpc) is 2.18. The van der Waals surface area contributed by atoms with Gasteiger partial charge in [-0.15, -0.1) is 0 Å². The van der Waals surface area contributed by atoms with Gasteiger partial charge in [0.2, 0.25) is 0 Å². The van der Waals surface area contributed by atoms with Gasteiger partial charge in [-0.3, -0.25) is 0 Å². The first-order chi connectivity index (χ1) is 6.93. The van der Waals surface area contributed by atoms with Crippen LogP contribution in [0.3, 0.4) is 0 Å². The monoisotopic (exact) mass is 202 g/mol. The summed E-state index contributed by atoms with van der Waals surface area (Å²) in [5.74, 6) is 3.72. The molecular formula is C13H14O2. The van der Waals surface area contributed by atoms with E-state index in [1.54, 1.807) is 0 Å². The van der Waals surface area contributed by atoms with Crippen molar-refractivity contribution in [3.05, 3.63) is 33.9 Å². The van der Waals surface area contributed by atoms with Crippen LogP contribution in [0.4, 0.5) is 0 Å². The number of carboxylic acid groups (broad SMARTS) is 1. The summed E-state index contributed by atoms with van der Waals surface area (Å²) in [6.07, 6.45) is 0. The number of rotatable bonds is 0. The molecule has 0 amide bonds. The Bertz CT molecular complexity index is 474. The molecule has 1 aromatic carbocycles. The molecule has 0 heterocycles. The van der Waals surface area contributed by atoms with Crippen molar-refractivity contribution in [2.45, 2.75) is 27.7 Å². The minimum atomic E-state index is -1.09. The number of aliphatic carboxylic acids is 1. The standard InChI is InChI=1S/C13H14O2/c1-8-7-12(5-6-13(14)15)11(4)10(3)9(8)2/h7H,1-4H3,(H,14,15). The lowest BCUT2D eigenvalue weighted by molar-refractivity contribution is -0.130. The van der Waals surface area contributed by atoms with Crippen molar-refractivity contribution in [2.24, 2.45) is 0 Å². The highest BCUT2D eigenvalue weighted by Crippen LogP contribution is 2.20. The predicted molar refractivity (Wildman–Crippen MR) is 59.9 cm³/mol. The second-order valence-electron chi connectivity index (χ2n) is 3.67. The molecule has 0 unspecified atom stereocenters. The minimum Gasteiger partial charge on any atom is -0.472 e. The van der Waals surface area contributed by atoms with Crippen molar-refractivity contribution in [3.8, 4) is 11.8 Å². The molecule has 0 aromatic heterocycles. The molecule has 2 nitrogen and oxygen atoms in total. The maximum Gasteiger partial charge on any atom is 0.382 e. The second kappa shape index (κ2) is 4.18. The van der Waals surface area contributed by atoms with Crippen LogP contribution in [0.2, 0.25) is 0 Å². The van der Waals surface area contributed by atoms with Gasteiger partial charge >= 0.3 is 5.97 Å². The van der Waals surface area contributed by atoms with Gasteiger partial charge in [-0.2, -0.15) is 0 Å². The Hall–Kier alpha value is -1.75. The number of benzene rings is 1. The number of hydrogen-bond donors (Lipinski definition) is 1. The van der Waals surface area contributed by atoms with Crippen LogP contribution in [0.1, 0.15) is 27.8 Å². The zero-order chi connectivity index (χ0) is 11.6. The Morgan fingerprint density at radius 3 is 2.27 bits per heavy atom. The van der Waals surface area contributed by atoms with E-state index in [-0.39, 0.29) is 0 Å². The Kier molecular flexibility index (Phi) is 3.16. The van der Waals surface area contributed by atoms with Gasteiger partial charge in [0, 0.05) is 11.5 Å². The van der Waals surface area contributed by atoms with Gasteiger partial charge in [-0.1, -0.05) is 5.92 Å². The second-order valence-corrected chi connectivity index (χ2v) is 3.67. The summed E-state index contributed by atoms with van der Waals surface area (Å²) in [4.78, 5) is 10.3. The fourth-order valence-electron chi connectivity index (χ4n) is 1.46. The van der Waals surface area contributed by atoms with Gasteiger partial charge in [0.1, 0.15) is 0 Å². The lowest BCUT2D eigenvalue weighted by atomic mass is 9.95. The van der Waals surface area contributed by atoms with E-state index in [0.717, 1.165) is 16.7 Å². The molecule has 0 aliphatic rings. The van der Waals surface area contributed by atoms with Crippen molar-refractivity contribution in [1.29, 1.82) is 0 Å². The topological polar surface area (TPSA) is 37.3 Å². The van der Waals surface area contributed by atoms with Gasteiger partial charge in [-0.05, 0) is 56.0 Å². The van der Waals surface area contributed by atoms with Gasteiger partial charge in [0.15, 0.2) is 0 Å². The summed E-state index contributed by atoms with van der Waals surface area (Å²) in [6.45, 7) is 8.07. The van der Waals surface area contributed by atoms with Crippen LogP contribution in [0.25, 0.3) is 0 Å². The van der Waals surface area contributed by atoms with Crippen LogP contribution >= 0.6 is 0 Å². The molecule has 0 fully saturated rings. The highest BCUT2D eigenvalue weighted by Gasteiger charge is 2.05. The Labute approximate surface area is 89.9 Å². The van der Waals surface area contributed by atoms with Crippen molar-refractivity contribution >= 4 is 5.97 Å². The SMILES string of the molecule is Cc1cc(C#CC(=O)O)c(C)c(C)c1C. The molecule has 0 saturated heterocycles. The van der Waals surface area contributed by atoms with Gasteiger partial charge in [-0.25, -0.2) is 4.79 Å². The molecule has 0 aliphatic carbocycles. The van der Waals surface area contributed by atoms with Crippen LogP contribution in [0.15, 0.2) is 6.07 Å². The van der Waals surface area contributed by atoms with Gasteiger partial charge in [0.05, 0.1) is 0 Å². The number of hydrogen-bond acceptors (Lipinski definition) is 1. The molecule has 1 aromatic rings. The summed E-state index contributed by atoms with van der Waals surface area (Å²) in [7, 11) is 0. The minimum absolute atomic E-state index is 0.804. The summed E-state index contributed by atoms with van der Waals surface area (Å²) in [5.41, 5.74) is 5.44. The smallest absolute Gasteiger partial charge is 0.382 e. The zero-order valence-electron chi connectivity index (χ0n) is 9.43. The predicted octanol–water partition coefficient (Wildman–Crippen LogP) is 2.36. The largest absolute Gasteiger partial charge is 0.472 e. The molecule has 15 heavy (non-hydrogen) atoms. The van der Waals surface area contributed by atoms with Crippen LogP contribution in [-0.2, 0) is 4.79 Å². The van der Waals surface area contributed by atoms with E-state index in [0.29, 0.717) is 0 Å². The first kappa shape index (κ1) is 11.3. The summed E-state index contributed by atoms with van der Waals surface area (Å²) in [5, 5.41) is 8.49. The fourth-order valence-corrected chi connectivity index (χ4v) is 1.46. The first-order valence-corrected chi connectivity index (χ1v) is 4.76. The van der Waals surface area contributed by atoms with Crippen molar-refractivity contribution < 1.29 is 9.90 Å². The van der Waals surface area contributed by atoms with Crippen molar-refractivity contribution in [3.63, 3.8) is 0 Å². The normalized spacial score (nSPS) is 9.33. The Morgan fingerprint density at radius 1 is 1.13 bits per heavy atom. The molecule has 1 rings (SSSR count). The summed E-state index contributed by atoms with van der Waals surface area (Å²) < 4.78 is 0. The van der Waals surface area contributed by atoms with Crippen molar-refractivity contribution in [2.75, 3.05) is 0 Å². The van der Waals surface area contributed by atoms with Gasteiger partial charge < -0.3 is 5.11 Å².